The summed E-state index contributed by atoms with van der Waals surface area (Å²) in [7, 11) is 0. The highest BCUT2D eigenvalue weighted by Crippen LogP contribution is 2.25. The van der Waals surface area contributed by atoms with Crippen LogP contribution in [0.3, 0.4) is 0 Å². The van der Waals surface area contributed by atoms with Crippen LogP contribution in [-0.2, 0) is 0 Å². The normalized spacial score (nSPS) is 10.8. The van der Waals surface area contributed by atoms with Gasteiger partial charge in [-0.1, -0.05) is 5.16 Å². The highest BCUT2D eigenvalue weighted by atomic mass is 16.5. The molecular weight excluding hydrogens is 244 g/mol. The van der Waals surface area contributed by atoms with Crippen LogP contribution in [0.2, 0.25) is 0 Å². The van der Waals surface area contributed by atoms with Gasteiger partial charge < -0.3 is 14.7 Å². The summed E-state index contributed by atoms with van der Waals surface area (Å²) in [5.41, 5.74) is 7.88. The van der Waals surface area contributed by atoms with Crippen molar-refractivity contribution in [1.82, 2.24) is 15.1 Å². The third kappa shape index (κ3) is 2.08. The number of rotatable bonds is 2. The van der Waals surface area contributed by atoms with E-state index in [1.807, 2.05) is 19.1 Å². The third-order valence-electron chi connectivity index (χ3n) is 2.69. The lowest BCUT2D eigenvalue weighted by Crippen LogP contribution is -1.85. The fourth-order valence-electron chi connectivity index (χ4n) is 1.79. The van der Waals surface area contributed by atoms with Crippen LogP contribution in [0, 0.1) is 13.8 Å². The van der Waals surface area contributed by atoms with E-state index in [1.165, 1.54) is 0 Å². The lowest BCUT2D eigenvalue weighted by Gasteiger charge is -1.94. The molecule has 0 bridgehead atoms. The summed E-state index contributed by atoms with van der Waals surface area (Å²) < 4.78 is 10.6. The van der Waals surface area contributed by atoms with Crippen LogP contribution >= 0.6 is 0 Å². The predicted molar refractivity (Wildman–Crippen MR) is 69.1 cm³/mol. The number of hydrogen-bond acceptors (Lipinski definition) is 6. The largest absolute Gasteiger partial charge is 0.436 e. The van der Waals surface area contributed by atoms with E-state index in [1.54, 1.807) is 19.1 Å². The number of nitrogen functional groups attached to an aromatic ring is 1. The summed E-state index contributed by atoms with van der Waals surface area (Å²) in [6, 6.07) is 7.25. The summed E-state index contributed by atoms with van der Waals surface area (Å²) in [5, 5.41) is 3.93. The van der Waals surface area contributed by atoms with Crippen molar-refractivity contribution in [1.29, 1.82) is 0 Å². The molecule has 3 aromatic rings. The fraction of sp³-hybridized carbons (Fsp3) is 0.154. The van der Waals surface area contributed by atoms with Crippen LogP contribution in [0.25, 0.3) is 23.0 Å². The minimum Gasteiger partial charge on any atom is -0.436 e. The Morgan fingerprint density at radius 3 is 2.42 bits per heavy atom. The molecule has 0 saturated heterocycles. The van der Waals surface area contributed by atoms with Crippen LogP contribution in [0.4, 0.5) is 5.69 Å². The molecule has 0 atom stereocenters. The topological polar surface area (TPSA) is 91.0 Å². The molecule has 0 aliphatic heterocycles. The first-order valence-corrected chi connectivity index (χ1v) is 5.77. The van der Waals surface area contributed by atoms with E-state index in [9.17, 15) is 0 Å². The minimum absolute atomic E-state index is 0.324. The molecule has 0 aliphatic rings. The lowest BCUT2D eigenvalue weighted by atomic mass is 10.2. The Balaban J connectivity index is 1.99. The minimum atomic E-state index is 0.324. The molecule has 0 unspecified atom stereocenters. The van der Waals surface area contributed by atoms with E-state index in [0.717, 1.165) is 11.3 Å². The molecule has 0 fully saturated rings. The molecule has 2 aromatic heterocycles. The van der Waals surface area contributed by atoms with Crippen LogP contribution in [-0.4, -0.2) is 15.1 Å². The SMILES string of the molecule is Cc1nc(C)c(-c2nc(-c3ccc(N)cc3)no2)o1. The molecule has 1 aromatic carbocycles. The predicted octanol–water partition coefficient (Wildman–Crippen LogP) is 2.59. The zero-order valence-electron chi connectivity index (χ0n) is 10.5. The number of nitrogens with two attached hydrogens (primary N) is 1. The third-order valence-corrected chi connectivity index (χ3v) is 2.69. The van der Waals surface area contributed by atoms with Gasteiger partial charge in [-0.3, -0.25) is 0 Å². The average molecular weight is 256 g/mol. The fourth-order valence-corrected chi connectivity index (χ4v) is 1.79. The van der Waals surface area contributed by atoms with E-state index in [0.29, 0.717) is 29.1 Å². The summed E-state index contributed by atoms with van der Waals surface area (Å²) in [6.07, 6.45) is 0. The van der Waals surface area contributed by atoms with Gasteiger partial charge >= 0.3 is 0 Å². The molecule has 0 saturated carbocycles. The highest BCUT2D eigenvalue weighted by molar-refractivity contribution is 5.60. The van der Waals surface area contributed by atoms with Crippen molar-refractivity contribution >= 4 is 5.69 Å². The zero-order valence-corrected chi connectivity index (χ0v) is 10.5. The second-order valence-electron chi connectivity index (χ2n) is 4.19. The molecular formula is C13H12N4O2. The maximum absolute atomic E-state index is 5.64. The molecule has 6 heteroatoms. The first-order chi connectivity index (χ1) is 9.13. The van der Waals surface area contributed by atoms with Gasteiger partial charge in [0.25, 0.3) is 5.89 Å². The van der Waals surface area contributed by atoms with Crippen LogP contribution in [0.5, 0.6) is 0 Å². The van der Waals surface area contributed by atoms with E-state index in [2.05, 4.69) is 15.1 Å². The first-order valence-electron chi connectivity index (χ1n) is 5.77. The van der Waals surface area contributed by atoms with Gasteiger partial charge in [0, 0.05) is 18.2 Å². The number of nitrogens with zero attached hydrogens (tertiary/aromatic N) is 3. The Kier molecular flexibility index (Phi) is 2.56. The van der Waals surface area contributed by atoms with Gasteiger partial charge in [0.2, 0.25) is 11.6 Å². The van der Waals surface area contributed by atoms with Crippen molar-refractivity contribution in [2.45, 2.75) is 13.8 Å². The Morgan fingerprint density at radius 1 is 1.05 bits per heavy atom. The quantitative estimate of drug-likeness (QED) is 0.708. The Bertz CT molecular complexity index is 713. The van der Waals surface area contributed by atoms with Crippen LogP contribution < -0.4 is 5.73 Å². The smallest absolute Gasteiger partial charge is 0.295 e. The van der Waals surface area contributed by atoms with Crippen molar-refractivity contribution in [2.24, 2.45) is 0 Å². The molecule has 0 spiro atoms. The van der Waals surface area contributed by atoms with Gasteiger partial charge in [0.15, 0.2) is 5.89 Å². The van der Waals surface area contributed by atoms with Crippen LogP contribution in [0.1, 0.15) is 11.6 Å². The number of oxazole rings is 1. The van der Waals surface area contributed by atoms with Gasteiger partial charge in [0.05, 0.1) is 5.69 Å². The van der Waals surface area contributed by atoms with E-state index in [-0.39, 0.29) is 0 Å². The van der Waals surface area contributed by atoms with Gasteiger partial charge in [-0.2, -0.15) is 4.98 Å². The van der Waals surface area contributed by atoms with Crippen molar-refractivity contribution in [3.05, 3.63) is 35.9 Å². The van der Waals surface area contributed by atoms with Gasteiger partial charge in [-0.25, -0.2) is 4.98 Å². The molecule has 96 valence electrons. The number of benzene rings is 1. The Morgan fingerprint density at radius 2 is 1.79 bits per heavy atom. The lowest BCUT2D eigenvalue weighted by molar-refractivity contribution is 0.413. The molecule has 0 radical (unpaired) electrons. The number of anilines is 1. The second kappa shape index (κ2) is 4.24. The Hall–Kier alpha value is -2.63. The molecule has 0 aliphatic carbocycles. The second-order valence-corrected chi connectivity index (χ2v) is 4.19. The molecule has 19 heavy (non-hydrogen) atoms. The van der Waals surface area contributed by atoms with E-state index < -0.39 is 0 Å². The molecule has 3 rings (SSSR count). The zero-order chi connectivity index (χ0) is 13.4. The van der Waals surface area contributed by atoms with Crippen molar-refractivity contribution in [2.75, 3.05) is 5.73 Å². The van der Waals surface area contributed by atoms with Crippen molar-refractivity contribution in [3.63, 3.8) is 0 Å². The number of aryl methyl sites for hydroxylation is 2. The monoisotopic (exact) mass is 256 g/mol. The number of aromatic nitrogens is 3. The summed E-state index contributed by atoms with van der Waals surface area (Å²) in [5.74, 6) is 1.89. The molecule has 6 nitrogen and oxygen atoms in total. The van der Waals surface area contributed by atoms with Gasteiger partial charge in [-0.05, 0) is 31.2 Å². The summed E-state index contributed by atoms with van der Waals surface area (Å²) >= 11 is 0. The molecule has 2 N–H and O–H groups in total. The first kappa shape index (κ1) is 11.5. The summed E-state index contributed by atoms with van der Waals surface area (Å²) in [4.78, 5) is 8.47. The Labute approximate surface area is 109 Å². The molecule has 0 amide bonds. The summed E-state index contributed by atoms with van der Waals surface area (Å²) in [6.45, 7) is 3.60. The maximum atomic E-state index is 5.64. The van der Waals surface area contributed by atoms with Gasteiger partial charge in [-0.15, -0.1) is 0 Å². The highest BCUT2D eigenvalue weighted by Gasteiger charge is 2.17. The van der Waals surface area contributed by atoms with E-state index in [4.69, 9.17) is 14.7 Å². The van der Waals surface area contributed by atoms with Gasteiger partial charge in [0.1, 0.15) is 0 Å². The van der Waals surface area contributed by atoms with Crippen molar-refractivity contribution < 1.29 is 8.94 Å². The van der Waals surface area contributed by atoms with E-state index >= 15 is 0 Å². The standard InChI is InChI=1S/C13H12N4O2/c1-7-11(18-8(2)15-7)13-16-12(17-19-13)9-3-5-10(14)6-4-9/h3-6H,14H2,1-2H3. The maximum Gasteiger partial charge on any atom is 0.295 e. The average Bonchev–Trinajstić information content (AvgIpc) is 2.97. The van der Waals surface area contributed by atoms with Crippen LogP contribution in [0.15, 0.2) is 33.2 Å². The van der Waals surface area contributed by atoms with Crippen molar-refractivity contribution in [3.8, 4) is 23.0 Å². The molecule has 2 heterocycles. The number of hydrogen-bond donors (Lipinski definition) is 1.